The lowest BCUT2D eigenvalue weighted by Gasteiger charge is -2.25. The van der Waals surface area contributed by atoms with Crippen molar-refractivity contribution in [2.24, 2.45) is 0 Å². The molecule has 1 amide bonds. The molecule has 1 aliphatic heterocycles. The normalized spacial score (nSPS) is 14.9. The van der Waals surface area contributed by atoms with Gasteiger partial charge in [-0.25, -0.2) is 0 Å². The lowest BCUT2D eigenvalue weighted by atomic mass is 9.98. The molecule has 0 spiro atoms. The van der Waals surface area contributed by atoms with Crippen molar-refractivity contribution >= 4 is 34.2 Å². The van der Waals surface area contributed by atoms with E-state index in [1.165, 1.54) is 0 Å². The Morgan fingerprint density at radius 1 is 1.00 bits per heavy atom. The molecule has 0 saturated heterocycles. The van der Waals surface area contributed by atoms with Crippen LogP contribution in [0.1, 0.15) is 47.5 Å². The fourth-order valence-corrected chi connectivity index (χ4v) is 4.55. The number of methoxy groups -OCH3 is 1. The second kappa shape index (κ2) is 9.47. The lowest BCUT2D eigenvalue weighted by molar-refractivity contribution is 0.0971. The van der Waals surface area contributed by atoms with Crippen molar-refractivity contribution in [3.63, 3.8) is 0 Å². The summed E-state index contributed by atoms with van der Waals surface area (Å²) in [6.07, 6.45) is 1.95. The van der Waals surface area contributed by atoms with Crippen molar-refractivity contribution in [3.8, 4) is 11.5 Å². The second-order valence-electron chi connectivity index (χ2n) is 8.36. The smallest absolute Gasteiger partial charge is 0.295 e. The van der Waals surface area contributed by atoms with E-state index in [0.717, 1.165) is 18.4 Å². The summed E-state index contributed by atoms with van der Waals surface area (Å²) in [6.45, 7) is 2.69. The number of ether oxygens (including phenoxy) is 2. The third kappa shape index (κ3) is 4.15. The Hall–Kier alpha value is -3.77. The van der Waals surface area contributed by atoms with Crippen LogP contribution in [0.2, 0.25) is 5.02 Å². The Morgan fingerprint density at radius 2 is 1.80 bits per heavy atom. The molecule has 7 heteroatoms. The zero-order chi connectivity index (χ0) is 24.5. The maximum atomic E-state index is 13.7. The van der Waals surface area contributed by atoms with Gasteiger partial charge >= 0.3 is 0 Å². The Kier molecular flexibility index (Phi) is 6.22. The third-order valence-electron chi connectivity index (χ3n) is 6.12. The molecule has 178 valence electrons. The van der Waals surface area contributed by atoms with Crippen LogP contribution in [0.15, 0.2) is 75.9 Å². The van der Waals surface area contributed by atoms with Crippen LogP contribution in [0.25, 0.3) is 11.0 Å². The largest absolute Gasteiger partial charge is 0.497 e. The van der Waals surface area contributed by atoms with Crippen LogP contribution in [-0.4, -0.2) is 19.6 Å². The fraction of sp³-hybridized carbons (Fsp3) is 0.214. The van der Waals surface area contributed by atoms with E-state index < -0.39 is 6.04 Å². The number of unbranched alkanes of at least 4 members (excludes halogenated alkanes) is 1. The van der Waals surface area contributed by atoms with Gasteiger partial charge in [-0.2, -0.15) is 0 Å². The quantitative estimate of drug-likeness (QED) is 0.281. The lowest BCUT2D eigenvalue weighted by Crippen LogP contribution is -2.29. The number of carbonyl (C=O) groups is 1. The SMILES string of the molecule is CCCCOc1cccc(C2c3c(oc4ccc(Cl)cc4c3=O)C(=O)N2c2ccc(OC)cc2)c1. The highest BCUT2D eigenvalue weighted by Gasteiger charge is 2.43. The minimum atomic E-state index is -0.694. The summed E-state index contributed by atoms with van der Waals surface area (Å²) in [5.41, 5.74) is 1.68. The van der Waals surface area contributed by atoms with E-state index in [0.29, 0.717) is 39.8 Å². The molecular formula is C28H24ClNO5. The van der Waals surface area contributed by atoms with Crippen LogP contribution in [0, 0.1) is 0 Å². The summed E-state index contributed by atoms with van der Waals surface area (Å²) in [6, 6.07) is 18.8. The molecule has 0 N–H and O–H groups in total. The van der Waals surface area contributed by atoms with Crippen molar-refractivity contribution in [1.82, 2.24) is 0 Å². The molecule has 0 aliphatic carbocycles. The van der Waals surface area contributed by atoms with Crippen LogP contribution in [0.3, 0.4) is 0 Å². The van der Waals surface area contributed by atoms with Crippen molar-refractivity contribution in [2.45, 2.75) is 25.8 Å². The average molecular weight is 490 g/mol. The number of amides is 1. The van der Waals surface area contributed by atoms with E-state index in [2.05, 4.69) is 6.92 Å². The minimum Gasteiger partial charge on any atom is -0.497 e. The molecule has 3 aromatic carbocycles. The van der Waals surface area contributed by atoms with Gasteiger partial charge in [0.05, 0.1) is 30.7 Å². The van der Waals surface area contributed by atoms with Crippen molar-refractivity contribution < 1.29 is 18.7 Å². The number of carbonyl (C=O) groups excluding carboxylic acids is 1. The number of hydrogen-bond acceptors (Lipinski definition) is 5. The predicted molar refractivity (Wildman–Crippen MR) is 136 cm³/mol. The Bertz CT molecular complexity index is 1460. The highest BCUT2D eigenvalue weighted by atomic mass is 35.5. The first-order valence-electron chi connectivity index (χ1n) is 11.5. The van der Waals surface area contributed by atoms with Gasteiger partial charge in [-0.3, -0.25) is 14.5 Å². The average Bonchev–Trinajstić information content (AvgIpc) is 3.17. The number of hydrogen-bond donors (Lipinski definition) is 0. The number of rotatable bonds is 7. The summed E-state index contributed by atoms with van der Waals surface area (Å²) < 4.78 is 17.2. The van der Waals surface area contributed by atoms with Gasteiger partial charge in [0, 0.05) is 10.7 Å². The molecule has 35 heavy (non-hydrogen) atoms. The van der Waals surface area contributed by atoms with Crippen molar-refractivity contribution in [2.75, 3.05) is 18.6 Å². The zero-order valence-corrected chi connectivity index (χ0v) is 20.2. The van der Waals surface area contributed by atoms with Gasteiger partial charge in [0.2, 0.25) is 5.76 Å². The van der Waals surface area contributed by atoms with Crippen LogP contribution in [-0.2, 0) is 0 Å². The minimum absolute atomic E-state index is 0.0305. The summed E-state index contributed by atoms with van der Waals surface area (Å²) >= 11 is 6.17. The summed E-state index contributed by atoms with van der Waals surface area (Å²) in [7, 11) is 1.58. The standard InChI is InChI=1S/C28H24ClNO5/c1-3-4-14-34-21-7-5-6-17(15-21)25-24-26(31)22-16-18(29)8-13-23(22)35-27(24)28(32)30(25)19-9-11-20(33-2)12-10-19/h5-13,15-16,25H,3-4,14H2,1-2H3. The Balaban J connectivity index is 1.70. The predicted octanol–water partition coefficient (Wildman–Crippen LogP) is 6.38. The molecule has 0 radical (unpaired) electrons. The van der Waals surface area contributed by atoms with Crippen LogP contribution in [0.5, 0.6) is 11.5 Å². The van der Waals surface area contributed by atoms with Crippen molar-refractivity contribution in [3.05, 3.63) is 98.9 Å². The van der Waals surface area contributed by atoms with E-state index in [1.807, 2.05) is 24.3 Å². The number of halogens is 1. The summed E-state index contributed by atoms with van der Waals surface area (Å²) in [4.78, 5) is 29.0. The maximum Gasteiger partial charge on any atom is 0.295 e. The van der Waals surface area contributed by atoms with E-state index in [4.69, 9.17) is 25.5 Å². The Morgan fingerprint density at radius 3 is 2.54 bits per heavy atom. The third-order valence-corrected chi connectivity index (χ3v) is 6.36. The van der Waals surface area contributed by atoms with Crippen LogP contribution < -0.4 is 19.8 Å². The van der Waals surface area contributed by atoms with Gasteiger partial charge in [0.25, 0.3) is 5.91 Å². The molecule has 4 aromatic rings. The first-order valence-corrected chi connectivity index (χ1v) is 11.9. The number of fused-ring (bicyclic) bond motifs is 2. The number of nitrogens with zero attached hydrogens (tertiary/aromatic N) is 1. The maximum absolute atomic E-state index is 13.7. The molecule has 0 bridgehead atoms. The van der Waals surface area contributed by atoms with Gasteiger partial charge in [-0.05, 0) is 66.6 Å². The van der Waals surface area contributed by atoms with E-state index in [1.54, 1.807) is 54.5 Å². The molecule has 1 aromatic heterocycles. The molecule has 1 unspecified atom stereocenters. The van der Waals surface area contributed by atoms with Crippen LogP contribution >= 0.6 is 11.6 Å². The summed E-state index contributed by atoms with van der Waals surface area (Å²) in [5.74, 6) is 0.986. The second-order valence-corrected chi connectivity index (χ2v) is 8.80. The first-order chi connectivity index (χ1) is 17.0. The molecule has 0 fully saturated rings. The number of anilines is 1. The van der Waals surface area contributed by atoms with Gasteiger partial charge < -0.3 is 13.9 Å². The molecule has 2 heterocycles. The zero-order valence-electron chi connectivity index (χ0n) is 19.4. The topological polar surface area (TPSA) is 69.0 Å². The summed E-state index contributed by atoms with van der Waals surface area (Å²) in [5, 5.41) is 0.755. The first kappa shape index (κ1) is 23.0. The highest BCUT2D eigenvalue weighted by Crippen LogP contribution is 2.42. The fourth-order valence-electron chi connectivity index (χ4n) is 4.38. The van der Waals surface area contributed by atoms with Crippen molar-refractivity contribution in [1.29, 1.82) is 0 Å². The van der Waals surface area contributed by atoms with Crippen LogP contribution in [0.4, 0.5) is 5.69 Å². The van der Waals surface area contributed by atoms with Gasteiger partial charge in [0.15, 0.2) is 5.43 Å². The molecule has 1 atom stereocenters. The Labute approximate surface area is 207 Å². The molecule has 6 nitrogen and oxygen atoms in total. The molecule has 0 saturated carbocycles. The highest BCUT2D eigenvalue weighted by molar-refractivity contribution is 6.31. The van der Waals surface area contributed by atoms with Gasteiger partial charge in [0.1, 0.15) is 17.1 Å². The van der Waals surface area contributed by atoms with E-state index in [-0.39, 0.29) is 22.7 Å². The molecular weight excluding hydrogens is 466 g/mol. The monoisotopic (exact) mass is 489 g/mol. The molecule has 5 rings (SSSR count). The van der Waals surface area contributed by atoms with E-state index >= 15 is 0 Å². The van der Waals surface area contributed by atoms with Gasteiger partial charge in [-0.15, -0.1) is 0 Å². The molecule has 1 aliphatic rings. The number of benzene rings is 3. The van der Waals surface area contributed by atoms with Gasteiger partial charge in [-0.1, -0.05) is 37.1 Å². The van der Waals surface area contributed by atoms with E-state index in [9.17, 15) is 9.59 Å².